The number of carbonyl (C=O) groups is 2. The molecule has 1 atom stereocenters. The SMILES string of the molecule is CCC(C(=O)NC)N(Cc1ccc(OC)cc1)C(=O)COc1ccc(Cl)cc1Cl. The quantitative estimate of drug-likeness (QED) is 0.643. The Labute approximate surface area is 180 Å². The van der Waals surface area contributed by atoms with Gasteiger partial charge in [-0.15, -0.1) is 0 Å². The highest BCUT2D eigenvalue weighted by Crippen LogP contribution is 2.27. The molecule has 29 heavy (non-hydrogen) atoms. The number of nitrogens with one attached hydrogen (secondary N) is 1. The van der Waals surface area contributed by atoms with Crippen LogP contribution in [0.15, 0.2) is 42.5 Å². The molecule has 2 rings (SSSR count). The van der Waals surface area contributed by atoms with Crippen molar-refractivity contribution in [1.29, 1.82) is 0 Å². The van der Waals surface area contributed by atoms with Gasteiger partial charge in [0.25, 0.3) is 5.91 Å². The first-order valence-electron chi connectivity index (χ1n) is 9.11. The first-order chi connectivity index (χ1) is 13.9. The van der Waals surface area contributed by atoms with Crippen molar-refractivity contribution >= 4 is 35.0 Å². The fraction of sp³-hybridized carbons (Fsp3) is 0.333. The molecule has 1 unspecified atom stereocenters. The van der Waals surface area contributed by atoms with E-state index in [1.807, 2.05) is 31.2 Å². The van der Waals surface area contributed by atoms with Gasteiger partial charge in [0.05, 0.1) is 12.1 Å². The maximum absolute atomic E-state index is 13.0. The molecule has 0 fully saturated rings. The Morgan fingerprint density at radius 1 is 1.14 bits per heavy atom. The Balaban J connectivity index is 2.19. The second-order valence-corrected chi connectivity index (χ2v) is 7.12. The lowest BCUT2D eigenvalue weighted by Gasteiger charge is -2.30. The lowest BCUT2D eigenvalue weighted by Crippen LogP contribution is -2.49. The highest BCUT2D eigenvalue weighted by molar-refractivity contribution is 6.35. The molecule has 6 nitrogen and oxygen atoms in total. The minimum atomic E-state index is -0.626. The van der Waals surface area contributed by atoms with Gasteiger partial charge in [0.15, 0.2) is 6.61 Å². The zero-order chi connectivity index (χ0) is 21.4. The van der Waals surface area contributed by atoms with Crippen molar-refractivity contribution in [1.82, 2.24) is 10.2 Å². The van der Waals surface area contributed by atoms with Crippen molar-refractivity contribution in [2.45, 2.75) is 25.9 Å². The Morgan fingerprint density at radius 2 is 1.83 bits per heavy atom. The number of hydrogen-bond acceptors (Lipinski definition) is 4. The number of hydrogen-bond donors (Lipinski definition) is 1. The van der Waals surface area contributed by atoms with E-state index in [-0.39, 0.29) is 25.0 Å². The molecule has 1 N–H and O–H groups in total. The van der Waals surface area contributed by atoms with Crippen LogP contribution in [0.3, 0.4) is 0 Å². The third-order valence-corrected chi connectivity index (χ3v) is 4.92. The molecule has 2 aromatic carbocycles. The van der Waals surface area contributed by atoms with Gasteiger partial charge in [-0.1, -0.05) is 42.3 Å². The Bertz CT molecular complexity index is 843. The first kappa shape index (κ1) is 22.8. The van der Waals surface area contributed by atoms with E-state index in [0.29, 0.717) is 28.0 Å². The highest BCUT2D eigenvalue weighted by Gasteiger charge is 2.28. The standard InChI is InChI=1S/C21H24Cl2N2O4/c1-4-18(21(27)24-2)25(12-14-5-8-16(28-3)9-6-14)20(26)13-29-19-10-7-15(22)11-17(19)23/h5-11,18H,4,12-13H2,1-3H3,(H,24,27). The summed E-state index contributed by atoms with van der Waals surface area (Å²) in [5.41, 5.74) is 0.867. The normalized spacial score (nSPS) is 11.5. The molecule has 2 amide bonds. The first-order valence-corrected chi connectivity index (χ1v) is 9.87. The van der Waals surface area contributed by atoms with Crippen LogP contribution < -0.4 is 14.8 Å². The van der Waals surface area contributed by atoms with Crippen LogP contribution in [-0.2, 0) is 16.1 Å². The van der Waals surface area contributed by atoms with Gasteiger partial charge in [0.1, 0.15) is 17.5 Å². The van der Waals surface area contributed by atoms with Crippen LogP contribution in [-0.4, -0.2) is 43.5 Å². The second kappa shape index (κ2) is 10.9. The lowest BCUT2D eigenvalue weighted by molar-refractivity contribution is -0.142. The number of carbonyl (C=O) groups excluding carboxylic acids is 2. The highest BCUT2D eigenvalue weighted by atomic mass is 35.5. The van der Waals surface area contributed by atoms with Crippen LogP contribution in [0.1, 0.15) is 18.9 Å². The van der Waals surface area contributed by atoms with Gasteiger partial charge < -0.3 is 19.7 Å². The average molecular weight is 439 g/mol. The minimum absolute atomic E-state index is 0.237. The second-order valence-electron chi connectivity index (χ2n) is 6.27. The zero-order valence-electron chi connectivity index (χ0n) is 16.6. The van der Waals surface area contributed by atoms with Crippen LogP contribution in [0.5, 0.6) is 11.5 Å². The van der Waals surface area contributed by atoms with Crippen LogP contribution in [0.4, 0.5) is 0 Å². The summed E-state index contributed by atoms with van der Waals surface area (Å²) in [4.78, 5) is 26.8. The molecule has 0 aliphatic carbocycles. The van der Waals surface area contributed by atoms with E-state index >= 15 is 0 Å². The van der Waals surface area contributed by atoms with Gasteiger partial charge in [-0.3, -0.25) is 9.59 Å². The molecule has 0 saturated heterocycles. The van der Waals surface area contributed by atoms with Crippen LogP contribution >= 0.6 is 23.2 Å². The van der Waals surface area contributed by atoms with Gasteiger partial charge in [-0.05, 0) is 42.3 Å². The summed E-state index contributed by atoms with van der Waals surface area (Å²) in [7, 11) is 3.13. The van der Waals surface area contributed by atoms with Crippen molar-refractivity contribution in [3.05, 3.63) is 58.1 Å². The molecule has 0 aromatic heterocycles. The Morgan fingerprint density at radius 3 is 2.38 bits per heavy atom. The summed E-state index contributed by atoms with van der Waals surface area (Å²) in [6.07, 6.45) is 0.462. The van der Waals surface area contributed by atoms with Gasteiger partial charge in [-0.25, -0.2) is 0 Å². The van der Waals surface area contributed by atoms with Crippen LogP contribution in [0.25, 0.3) is 0 Å². The molecular weight excluding hydrogens is 415 g/mol. The van der Waals surface area contributed by atoms with E-state index in [0.717, 1.165) is 5.56 Å². The summed E-state index contributed by atoms with van der Waals surface area (Å²) in [5, 5.41) is 3.40. The summed E-state index contributed by atoms with van der Waals surface area (Å²) in [5.74, 6) is 0.494. The van der Waals surface area contributed by atoms with E-state index < -0.39 is 6.04 Å². The number of ether oxygens (including phenoxy) is 2. The number of amides is 2. The topological polar surface area (TPSA) is 67.9 Å². The van der Waals surface area contributed by atoms with Crippen LogP contribution in [0.2, 0.25) is 10.0 Å². The maximum atomic E-state index is 13.0. The molecule has 0 saturated carbocycles. The smallest absolute Gasteiger partial charge is 0.261 e. The molecule has 0 aliphatic rings. The Hall–Kier alpha value is -2.44. The summed E-state index contributed by atoms with van der Waals surface area (Å²) < 4.78 is 10.7. The van der Waals surface area contributed by atoms with Crippen molar-refractivity contribution in [3.63, 3.8) is 0 Å². The average Bonchev–Trinajstić information content (AvgIpc) is 2.73. The lowest BCUT2D eigenvalue weighted by atomic mass is 10.1. The van der Waals surface area contributed by atoms with Crippen LogP contribution in [0, 0.1) is 0 Å². The van der Waals surface area contributed by atoms with Crippen molar-refractivity contribution in [2.75, 3.05) is 20.8 Å². The van der Waals surface area contributed by atoms with E-state index in [1.165, 1.54) is 11.0 Å². The van der Waals surface area contributed by atoms with E-state index in [1.54, 1.807) is 26.3 Å². The number of benzene rings is 2. The van der Waals surface area contributed by atoms with Crippen molar-refractivity contribution in [2.24, 2.45) is 0 Å². The third-order valence-electron chi connectivity index (χ3n) is 4.39. The molecular formula is C21H24Cl2N2O4. The zero-order valence-corrected chi connectivity index (χ0v) is 18.1. The summed E-state index contributed by atoms with van der Waals surface area (Å²) >= 11 is 12.0. The molecule has 156 valence electrons. The van der Waals surface area contributed by atoms with E-state index in [2.05, 4.69) is 5.32 Å². The predicted molar refractivity (Wildman–Crippen MR) is 114 cm³/mol. The number of rotatable bonds is 9. The Kier molecular flexibility index (Phi) is 8.61. The molecule has 8 heteroatoms. The molecule has 0 radical (unpaired) electrons. The fourth-order valence-electron chi connectivity index (χ4n) is 2.83. The summed E-state index contributed by atoms with van der Waals surface area (Å²) in [6.45, 7) is 1.85. The molecule has 2 aromatic rings. The molecule has 0 heterocycles. The van der Waals surface area contributed by atoms with Gasteiger partial charge in [0.2, 0.25) is 5.91 Å². The van der Waals surface area contributed by atoms with Gasteiger partial charge in [-0.2, -0.15) is 0 Å². The van der Waals surface area contributed by atoms with Gasteiger partial charge >= 0.3 is 0 Å². The molecule has 0 aliphatic heterocycles. The largest absolute Gasteiger partial charge is 0.497 e. The molecule has 0 bridgehead atoms. The van der Waals surface area contributed by atoms with E-state index in [9.17, 15) is 9.59 Å². The maximum Gasteiger partial charge on any atom is 0.261 e. The number of halogens is 2. The van der Waals surface area contributed by atoms with Crippen molar-refractivity contribution in [3.8, 4) is 11.5 Å². The fourth-order valence-corrected chi connectivity index (χ4v) is 3.29. The van der Waals surface area contributed by atoms with E-state index in [4.69, 9.17) is 32.7 Å². The monoisotopic (exact) mass is 438 g/mol. The third kappa shape index (κ3) is 6.27. The summed E-state index contributed by atoms with van der Waals surface area (Å²) in [6, 6.07) is 11.5. The number of likely N-dealkylation sites (N-methyl/N-ethyl adjacent to an activating group) is 1. The number of nitrogens with zero attached hydrogens (tertiary/aromatic N) is 1. The minimum Gasteiger partial charge on any atom is -0.497 e. The van der Waals surface area contributed by atoms with Gasteiger partial charge in [0, 0.05) is 18.6 Å². The predicted octanol–water partition coefficient (Wildman–Crippen LogP) is 3.93. The molecule has 0 spiro atoms. The van der Waals surface area contributed by atoms with Crippen molar-refractivity contribution < 1.29 is 19.1 Å². The number of methoxy groups -OCH3 is 1.